The smallest absolute Gasteiger partial charge is 0.275 e. The van der Waals surface area contributed by atoms with Gasteiger partial charge >= 0.3 is 0 Å². The summed E-state index contributed by atoms with van der Waals surface area (Å²) in [6, 6.07) is 13.1. The van der Waals surface area contributed by atoms with Crippen LogP contribution in [0.3, 0.4) is 0 Å². The molecule has 0 aliphatic carbocycles. The molecule has 0 aliphatic rings. The van der Waals surface area contributed by atoms with Crippen LogP contribution >= 0.6 is 0 Å². The molecule has 8 nitrogen and oxygen atoms in total. The summed E-state index contributed by atoms with van der Waals surface area (Å²) in [6.45, 7) is 1.91. The minimum atomic E-state index is -0.326. The molecule has 0 aliphatic heterocycles. The molecule has 1 amide bonds. The first-order chi connectivity index (χ1) is 12.1. The van der Waals surface area contributed by atoms with E-state index in [0.29, 0.717) is 23.0 Å². The standard InChI is InChI=1S/C17H15N7O/c1-11-8-15(22-23(11)2)21-16(25)14-9-13(12-6-4-3-5-7-12)20-17-18-10-19-24(14)17/h3-10H,1-2H3,(H,21,22,25). The van der Waals surface area contributed by atoms with Crippen molar-refractivity contribution in [1.82, 2.24) is 29.4 Å². The maximum Gasteiger partial charge on any atom is 0.275 e. The Morgan fingerprint density at radius 3 is 2.68 bits per heavy atom. The summed E-state index contributed by atoms with van der Waals surface area (Å²) in [5.74, 6) is 0.522. The van der Waals surface area contributed by atoms with Crippen LogP contribution in [0.25, 0.3) is 17.0 Å². The van der Waals surface area contributed by atoms with Crippen molar-refractivity contribution in [3.05, 3.63) is 60.2 Å². The zero-order valence-electron chi connectivity index (χ0n) is 13.7. The van der Waals surface area contributed by atoms with E-state index in [0.717, 1.165) is 11.3 Å². The Labute approximate surface area is 143 Å². The van der Waals surface area contributed by atoms with Crippen molar-refractivity contribution in [2.45, 2.75) is 6.92 Å². The van der Waals surface area contributed by atoms with Gasteiger partial charge < -0.3 is 5.32 Å². The van der Waals surface area contributed by atoms with Crippen LogP contribution in [0.1, 0.15) is 16.2 Å². The number of hydrogen-bond donors (Lipinski definition) is 1. The van der Waals surface area contributed by atoms with Crippen molar-refractivity contribution in [3.8, 4) is 11.3 Å². The zero-order valence-corrected chi connectivity index (χ0v) is 13.7. The van der Waals surface area contributed by atoms with Crippen molar-refractivity contribution < 1.29 is 4.79 Å². The molecule has 0 saturated carbocycles. The second-order valence-corrected chi connectivity index (χ2v) is 5.61. The van der Waals surface area contributed by atoms with E-state index in [1.54, 1.807) is 16.8 Å². The first-order valence-corrected chi connectivity index (χ1v) is 7.70. The van der Waals surface area contributed by atoms with Crippen molar-refractivity contribution >= 4 is 17.5 Å². The molecule has 0 spiro atoms. The number of carbonyl (C=O) groups excluding carboxylic acids is 1. The largest absolute Gasteiger partial charge is 0.304 e. The van der Waals surface area contributed by atoms with E-state index < -0.39 is 0 Å². The van der Waals surface area contributed by atoms with Crippen LogP contribution in [0.2, 0.25) is 0 Å². The molecule has 0 radical (unpaired) electrons. The highest BCUT2D eigenvalue weighted by molar-refractivity contribution is 6.03. The topological polar surface area (TPSA) is 90.0 Å². The number of aromatic nitrogens is 6. The maximum absolute atomic E-state index is 12.8. The number of rotatable bonds is 3. The maximum atomic E-state index is 12.8. The van der Waals surface area contributed by atoms with E-state index in [1.807, 2.05) is 44.3 Å². The van der Waals surface area contributed by atoms with E-state index in [1.165, 1.54) is 10.8 Å². The molecule has 124 valence electrons. The van der Waals surface area contributed by atoms with Gasteiger partial charge in [0.1, 0.15) is 12.0 Å². The van der Waals surface area contributed by atoms with Crippen LogP contribution in [0.5, 0.6) is 0 Å². The highest BCUT2D eigenvalue weighted by Gasteiger charge is 2.17. The number of amides is 1. The Morgan fingerprint density at radius 2 is 1.96 bits per heavy atom. The molecule has 0 unspecified atom stereocenters. The molecule has 3 heterocycles. The lowest BCUT2D eigenvalue weighted by Gasteiger charge is -2.07. The number of carbonyl (C=O) groups is 1. The fraction of sp³-hybridized carbons (Fsp3) is 0.118. The minimum Gasteiger partial charge on any atom is -0.304 e. The predicted octanol–water partition coefficient (Wildman–Crippen LogP) is 2.09. The van der Waals surface area contributed by atoms with Gasteiger partial charge in [-0.05, 0) is 13.0 Å². The molecule has 4 rings (SSSR count). The third-order valence-electron chi connectivity index (χ3n) is 3.91. The van der Waals surface area contributed by atoms with Crippen LogP contribution in [0, 0.1) is 6.92 Å². The number of nitrogens with zero attached hydrogens (tertiary/aromatic N) is 6. The monoisotopic (exact) mass is 333 g/mol. The molecule has 3 aromatic heterocycles. The van der Waals surface area contributed by atoms with Gasteiger partial charge in [-0.15, -0.1) is 0 Å². The minimum absolute atomic E-state index is 0.326. The van der Waals surface area contributed by atoms with Gasteiger partial charge in [-0.3, -0.25) is 9.48 Å². The van der Waals surface area contributed by atoms with Crippen LogP contribution in [0.15, 0.2) is 48.8 Å². The van der Waals surface area contributed by atoms with Crippen LogP contribution in [0.4, 0.5) is 5.82 Å². The Kier molecular flexibility index (Phi) is 3.50. The molecule has 0 fully saturated rings. The third-order valence-corrected chi connectivity index (χ3v) is 3.91. The van der Waals surface area contributed by atoms with Crippen LogP contribution in [-0.4, -0.2) is 35.3 Å². The molecule has 1 N–H and O–H groups in total. The van der Waals surface area contributed by atoms with E-state index in [-0.39, 0.29) is 5.91 Å². The number of anilines is 1. The normalized spacial score (nSPS) is 11.0. The molecule has 0 bridgehead atoms. The van der Waals surface area contributed by atoms with Crippen molar-refractivity contribution in [2.75, 3.05) is 5.32 Å². The molecule has 25 heavy (non-hydrogen) atoms. The molecule has 8 heteroatoms. The Balaban J connectivity index is 1.77. The summed E-state index contributed by atoms with van der Waals surface area (Å²) in [4.78, 5) is 21.3. The first-order valence-electron chi connectivity index (χ1n) is 7.70. The van der Waals surface area contributed by atoms with Gasteiger partial charge in [0.2, 0.25) is 0 Å². The number of nitrogens with one attached hydrogen (secondary N) is 1. The summed E-state index contributed by atoms with van der Waals surface area (Å²) >= 11 is 0. The van der Waals surface area contributed by atoms with Gasteiger partial charge in [0.25, 0.3) is 11.7 Å². The zero-order chi connectivity index (χ0) is 17.4. The Morgan fingerprint density at radius 1 is 1.16 bits per heavy atom. The number of fused-ring (bicyclic) bond motifs is 1. The van der Waals surface area contributed by atoms with Crippen LogP contribution in [-0.2, 0) is 7.05 Å². The molecular formula is C17H15N7O. The van der Waals surface area contributed by atoms with Gasteiger partial charge in [-0.2, -0.15) is 19.7 Å². The lowest BCUT2D eigenvalue weighted by molar-refractivity contribution is 0.101. The summed E-state index contributed by atoms with van der Waals surface area (Å²) in [5.41, 5.74) is 2.84. The second kappa shape index (κ2) is 5.82. The van der Waals surface area contributed by atoms with Crippen molar-refractivity contribution in [3.63, 3.8) is 0 Å². The lowest BCUT2D eigenvalue weighted by Crippen LogP contribution is -2.18. The first kappa shape index (κ1) is 15.0. The summed E-state index contributed by atoms with van der Waals surface area (Å²) in [6.07, 6.45) is 1.37. The lowest BCUT2D eigenvalue weighted by atomic mass is 10.1. The molecule has 1 aromatic carbocycles. The Hall–Kier alpha value is -3.55. The van der Waals surface area contributed by atoms with Gasteiger partial charge in [0.05, 0.1) is 5.69 Å². The summed E-state index contributed by atoms with van der Waals surface area (Å²) < 4.78 is 3.11. The number of benzene rings is 1. The average molecular weight is 333 g/mol. The van der Waals surface area contributed by atoms with Gasteiger partial charge in [0, 0.05) is 24.4 Å². The summed E-state index contributed by atoms with van der Waals surface area (Å²) in [7, 11) is 1.82. The van der Waals surface area contributed by atoms with E-state index in [9.17, 15) is 4.79 Å². The average Bonchev–Trinajstić information content (AvgIpc) is 3.21. The van der Waals surface area contributed by atoms with Gasteiger partial charge in [-0.1, -0.05) is 30.3 Å². The molecule has 0 atom stereocenters. The van der Waals surface area contributed by atoms with Crippen molar-refractivity contribution in [1.29, 1.82) is 0 Å². The molecule has 0 saturated heterocycles. The van der Waals surface area contributed by atoms with Gasteiger partial charge in [0.15, 0.2) is 5.82 Å². The third kappa shape index (κ3) is 2.74. The Bertz CT molecular complexity index is 1050. The fourth-order valence-electron chi connectivity index (χ4n) is 2.53. The van der Waals surface area contributed by atoms with E-state index in [4.69, 9.17) is 0 Å². The quantitative estimate of drug-likeness (QED) is 0.620. The SMILES string of the molecule is Cc1cc(NC(=O)c2cc(-c3ccccc3)nc3ncnn23)nn1C. The fourth-order valence-corrected chi connectivity index (χ4v) is 2.53. The molecule has 4 aromatic rings. The highest BCUT2D eigenvalue weighted by Crippen LogP contribution is 2.19. The second-order valence-electron chi connectivity index (χ2n) is 5.61. The van der Waals surface area contributed by atoms with E-state index in [2.05, 4.69) is 25.5 Å². The van der Waals surface area contributed by atoms with Crippen LogP contribution < -0.4 is 5.32 Å². The summed E-state index contributed by atoms with van der Waals surface area (Å²) in [5, 5.41) is 11.1. The van der Waals surface area contributed by atoms with E-state index >= 15 is 0 Å². The van der Waals surface area contributed by atoms with Gasteiger partial charge in [-0.25, -0.2) is 4.98 Å². The molecular weight excluding hydrogens is 318 g/mol. The van der Waals surface area contributed by atoms with Crippen molar-refractivity contribution in [2.24, 2.45) is 7.05 Å². The number of aryl methyl sites for hydroxylation is 2. The number of hydrogen-bond acceptors (Lipinski definition) is 5. The highest BCUT2D eigenvalue weighted by atomic mass is 16.2. The predicted molar refractivity (Wildman–Crippen MR) is 92.1 cm³/mol.